The maximum atomic E-state index is 11.2. The third-order valence-electron chi connectivity index (χ3n) is 6.12. The highest BCUT2D eigenvalue weighted by molar-refractivity contribution is 7.99. The fraction of sp³-hybridized carbons (Fsp3) is 0.520. The Morgan fingerprint density at radius 2 is 1.91 bits per heavy atom. The van der Waals surface area contributed by atoms with Gasteiger partial charge in [0.05, 0.1) is 18.0 Å². The van der Waals surface area contributed by atoms with Crippen LogP contribution in [-0.4, -0.2) is 41.4 Å². The van der Waals surface area contributed by atoms with Crippen LogP contribution in [0.3, 0.4) is 0 Å². The van der Waals surface area contributed by atoms with Crippen LogP contribution in [0.2, 0.25) is 0 Å². The summed E-state index contributed by atoms with van der Waals surface area (Å²) in [6.45, 7) is 9.23. The number of nitrogens with zero attached hydrogens (tertiary/aromatic N) is 5. The van der Waals surface area contributed by atoms with Crippen LogP contribution in [0, 0.1) is 6.92 Å². The standard InChI is InChI=1S/C25H33N5O2S/c1-17-9-8-10-18(13-17)15-29-20(14-21(28-29)25(2,3)4)23-26-27-24(33-16-22(31)32)30(23)19-11-6-5-7-12-19/h8-10,13-14,19H,5-7,11-12,15-16H2,1-4H3,(H,31,32). The first-order valence-electron chi connectivity index (χ1n) is 11.7. The van der Waals surface area contributed by atoms with E-state index in [1.165, 1.54) is 42.2 Å². The van der Waals surface area contributed by atoms with E-state index in [4.69, 9.17) is 5.10 Å². The lowest BCUT2D eigenvalue weighted by atomic mass is 9.92. The normalized spacial score (nSPS) is 15.2. The smallest absolute Gasteiger partial charge is 0.313 e. The molecule has 33 heavy (non-hydrogen) atoms. The molecule has 8 heteroatoms. The molecule has 2 aromatic heterocycles. The van der Waals surface area contributed by atoms with Crippen molar-refractivity contribution < 1.29 is 9.90 Å². The van der Waals surface area contributed by atoms with Gasteiger partial charge in [0.25, 0.3) is 0 Å². The summed E-state index contributed by atoms with van der Waals surface area (Å²) in [5.74, 6) is -0.0922. The number of rotatable bonds is 7. The van der Waals surface area contributed by atoms with Crippen molar-refractivity contribution in [3.05, 3.63) is 47.2 Å². The summed E-state index contributed by atoms with van der Waals surface area (Å²) in [4.78, 5) is 11.2. The monoisotopic (exact) mass is 467 g/mol. The predicted octanol–water partition coefficient (Wildman–Crippen LogP) is 5.48. The van der Waals surface area contributed by atoms with Gasteiger partial charge in [-0.3, -0.25) is 14.0 Å². The molecular weight excluding hydrogens is 434 g/mol. The molecule has 0 bridgehead atoms. The lowest BCUT2D eigenvalue weighted by Gasteiger charge is -2.25. The molecule has 7 nitrogen and oxygen atoms in total. The molecule has 1 N–H and O–H groups in total. The van der Waals surface area contributed by atoms with Gasteiger partial charge in [0, 0.05) is 11.5 Å². The second-order valence-corrected chi connectivity index (χ2v) is 10.9. The first-order valence-corrected chi connectivity index (χ1v) is 12.6. The van der Waals surface area contributed by atoms with Crippen LogP contribution >= 0.6 is 11.8 Å². The van der Waals surface area contributed by atoms with E-state index in [-0.39, 0.29) is 17.2 Å². The van der Waals surface area contributed by atoms with E-state index in [0.29, 0.717) is 11.7 Å². The second kappa shape index (κ2) is 9.71. The van der Waals surface area contributed by atoms with Gasteiger partial charge >= 0.3 is 5.97 Å². The molecule has 0 aliphatic heterocycles. The zero-order chi connectivity index (χ0) is 23.6. The molecule has 0 radical (unpaired) electrons. The van der Waals surface area contributed by atoms with Crippen LogP contribution in [-0.2, 0) is 16.8 Å². The number of hydrogen-bond donors (Lipinski definition) is 1. The predicted molar refractivity (Wildman–Crippen MR) is 131 cm³/mol. The number of carboxylic acid groups (broad SMARTS) is 1. The Morgan fingerprint density at radius 3 is 2.58 bits per heavy atom. The molecule has 1 aromatic carbocycles. The molecule has 0 spiro atoms. The number of aryl methyl sites for hydroxylation is 1. The summed E-state index contributed by atoms with van der Waals surface area (Å²) in [6.07, 6.45) is 5.70. The Hall–Kier alpha value is -2.61. The number of thioether (sulfide) groups is 1. The molecule has 3 aromatic rings. The molecule has 1 aliphatic carbocycles. The van der Waals surface area contributed by atoms with Crippen LogP contribution in [0.4, 0.5) is 0 Å². The molecule has 1 aliphatic rings. The largest absolute Gasteiger partial charge is 0.481 e. The summed E-state index contributed by atoms with van der Waals surface area (Å²) >= 11 is 1.25. The van der Waals surface area contributed by atoms with Crippen LogP contribution in [0.5, 0.6) is 0 Å². The highest BCUT2D eigenvalue weighted by Crippen LogP contribution is 2.36. The quantitative estimate of drug-likeness (QED) is 0.463. The highest BCUT2D eigenvalue weighted by atomic mass is 32.2. The Balaban J connectivity index is 1.81. The Kier molecular flexibility index (Phi) is 6.93. The fourth-order valence-corrected chi connectivity index (χ4v) is 5.14. The van der Waals surface area contributed by atoms with Gasteiger partial charge < -0.3 is 5.11 Å². The topological polar surface area (TPSA) is 85.8 Å². The van der Waals surface area contributed by atoms with Gasteiger partial charge in [0.1, 0.15) is 5.69 Å². The maximum Gasteiger partial charge on any atom is 0.313 e. The van der Waals surface area contributed by atoms with Crippen molar-refractivity contribution in [3.8, 4) is 11.5 Å². The maximum absolute atomic E-state index is 11.2. The summed E-state index contributed by atoms with van der Waals surface area (Å²) in [5.41, 5.74) is 4.23. The summed E-state index contributed by atoms with van der Waals surface area (Å²) in [5, 5.41) is 23.9. The third-order valence-corrected chi connectivity index (χ3v) is 7.05. The number of carboxylic acids is 1. The number of aromatic nitrogens is 5. The van der Waals surface area contributed by atoms with Crippen molar-refractivity contribution in [1.82, 2.24) is 24.5 Å². The summed E-state index contributed by atoms with van der Waals surface area (Å²) in [6, 6.07) is 10.9. The van der Waals surface area contributed by atoms with Crippen molar-refractivity contribution >= 4 is 17.7 Å². The van der Waals surface area contributed by atoms with E-state index < -0.39 is 5.97 Å². The van der Waals surface area contributed by atoms with Crippen molar-refractivity contribution in [2.45, 2.75) is 83.0 Å². The van der Waals surface area contributed by atoms with Crippen molar-refractivity contribution in [2.75, 3.05) is 5.75 Å². The Bertz CT molecular complexity index is 1120. The molecule has 0 atom stereocenters. The highest BCUT2D eigenvalue weighted by Gasteiger charge is 2.28. The Morgan fingerprint density at radius 1 is 1.15 bits per heavy atom. The number of aliphatic carboxylic acids is 1. The molecule has 0 unspecified atom stereocenters. The molecule has 1 fully saturated rings. The van der Waals surface area contributed by atoms with Crippen molar-refractivity contribution in [2.24, 2.45) is 0 Å². The summed E-state index contributed by atoms with van der Waals surface area (Å²) < 4.78 is 4.22. The van der Waals surface area contributed by atoms with Crippen molar-refractivity contribution in [3.63, 3.8) is 0 Å². The number of hydrogen-bond acceptors (Lipinski definition) is 5. The van der Waals surface area contributed by atoms with E-state index in [0.717, 1.165) is 30.1 Å². The lowest BCUT2D eigenvalue weighted by Crippen LogP contribution is -2.17. The van der Waals surface area contributed by atoms with Gasteiger partial charge in [-0.25, -0.2) is 0 Å². The average Bonchev–Trinajstić information content (AvgIpc) is 3.37. The molecule has 1 saturated carbocycles. The van der Waals surface area contributed by atoms with Gasteiger partial charge in [-0.15, -0.1) is 10.2 Å². The molecule has 0 saturated heterocycles. The SMILES string of the molecule is Cc1cccc(Cn2nc(C(C)(C)C)cc2-c2nnc(SCC(=O)O)n2C2CCCCC2)c1. The molecule has 2 heterocycles. The molecule has 4 rings (SSSR count). The Labute approximate surface area is 199 Å². The van der Waals surface area contributed by atoms with E-state index in [9.17, 15) is 9.90 Å². The fourth-order valence-electron chi connectivity index (χ4n) is 4.41. The van der Waals surface area contributed by atoms with Crippen LogP contribution in [0.15, 0.2) is 35.5 Å². The number of benzene rings is 1. The van der Waals surface area contributed by atoms with E-state index in [1.807, 2.05) is 4.68 Å². The first kappa shape index (κ1) is 23.5. The van der Waals surface area contributed by atoms with Gasteiger partial charge in [-0.2, -0.15) is 5.10 Å². The van der Waals surface area contributed by atoms with E-state index >= 15 is 0 Å². The minimum Gasteiger partial charge on any atom is -0.481 e. The van der Waals surface area contributed by atoms with Gasteiger partial charge in [0.15, 0.2) is 11.0 Å². The van der Waals surface area contributed by atoms with E-state index in [2.05, 4.69) is 72.8 Å². The van der Waals surface area contributed by atoms with Gasteiger partial charge in [0.2, 0.25) is 0 Å². The average molecular weight is 468 g/mol. The molecule has 0 amide bonds. The van der Waals surface area contributed by atoms with Crippen LogP contribution in [0.1, 0.15) is 75.7 Å². The minimum absolute atomic E-state index is 0.0271. The zero-order valence-electron chi connectivity index (χ0n) is 19.9. The van der Waals surface area contributed by atoms with Crippen LogP contribution < -0.4 is 0 Å². The van der Waals surface area contributed by atoms with Crippen LogP contribution in [0.25, 0.3) is 11.5 Å². The number of carbonyl (C=O) groups is 1. The molecule has 176 valence electrons. The lowest BCUT2D eigenvalue weighted by molar-refractivity contribution is -0.133. The third kappa shape index (κ3) is 5.49. The van der Waals surface area contributed by atoms with Crippen molar-refractivity contribution in [1.29, 1.82) is 0 Å². The zero-order valence-corrected chi connectivity index (χ0v) is 20.7. The molecular formula is C25H33N5O2S. The van der Waals surface area contributed by atoms with Gasteiger partial charge in [-0.1, -0.05) is 81.6 Å². The van der Waals surface area contributed by atoms with Gasteiger partial charge in [-0.05, 0) is 31.4 Å². The summed E-state index contributed by atoms with van der Waals surface area (Å²) in [7, 11) is 0. The minimum atomic E-state index is -0.848. The first-order chi connectivity index (χ1) is 15.7. The second-order valence-electron chi connectivity index (χ2n) is 9.96. The van der Waals surface area contributed by atoms with E-state index in [1.54, 1.807) is 0 Å².